The summed E-state index contributed by atoms with van der Waals surface area (Å²) in [6.07, 6.45) is 7.87. The Morgan fingerprint density at radius 1 is 1.28 bits per heavy atom. The van der Waals surface area contributed by atoms with Gasteiger partial charge in [-0.05, 0) is 18.9 Å². The Labute approximate surface area is 103 Å². The number of nitrogens with two attached hydrogens (primary N) is 1. The van der Waals surface area contributed by atoms with Crippen molar-refractivity contribution in [3.63, 3.8) is 0 Å². The van der Waals surface area contributed by atoms with Gasteiger partial charge >= 0.3 is 0 Å². The van der Waals surface area contributed by atoms with Gasteiger partial charge in [0.2, 0.25) is 0 Å². The van der Waals surface area contributed by atoms with E-state index in [2.05, 4.69) is 20.2 Å². The summed E-state index contributed by atoms with van der Waals surface area (Å²) in [5.41, 5.74) is 8.74. The zero-order chi connectivity index (χ0) is 12.2. The average molecular weight is 242 g/mol. The molecule has 6 heteroatoms. The third kappa shape index (κ3) is 1.18. The van der Waals surface area contributed by atoms with Gasteiger partial charge < -0.3 is 10.7 Å². The highest BCUT2D eigenvalue weighted by atomic mass is 15.3. The summed E-state index contributed by atoms with van der Waals surface area (Å²) in [6, 6.07) is 1.99. The van der Waals surface area contributed by atoms with Crippen LogP contribution in [0.15, 0.2) is 18.5 Å². The Balaban J connectivity index is 2.08. The van der Waals surface area contributed by atoms with E-state index in [1.165, 1.54) is 0 Å². The average Bonchev–Trinajstić information content (AvgIpc) is 3.05. The van der Waals surface area contributed by atoms with Gasteiger partial charge in [-0.15, -0.1) is 10.2 Å². The highest BCUT2D eigenvalue weighted by Gasteiger charge is 2.36. The van der Waals surface area contributed by atoms with Crippen molar-refractivity contribution >= 4 is 16.8 Å². The van der Waals surface area contributed by atoms with Gasteiger partial charge in [-0.2, -0.15) is 0 Å². The van der Waals surface area contributed by atoms with Crippen molar-refractivity contribution in [2.75, 3.05) is 0 Å². The van der Waals surface area contributed by atoms with Crippen molar-refractivity contribution in [2.24, 2.45) is 5.73 Å². The van der Waals surface area contributed by atoms with Crippen LogP contribution >= 0.6 is 0 Å². The second-order valence-corrected chi connectivity index (χ2v) is 5.05. The van der Waals surface area contributed by atoms with E-state index in [1.54, 1.807) is 6.20 Å². The number of aromatic amines is 1. The number of nitrogens with zero attached hydrogens (tertiary/aromatic N) is 4. The highest BCUT2D eigenvalue weighted by Crippen LogP contribution is 2.35. The van der Waals surface area contributed by atoms with E-state index < -0.39 is 0 Å². The first-order valence-electron chi connectivity index (χ1n) is 6.24. The van der Waals surface area contributed by atoms with Crippen LogP contribution in [0.2, 0.25) is 0 Å². The van der Waals surface area contributed by atoms with Crippen LogP contribution in [0.1, 0.15) is 31.5 Å². The van der Waals surface area contributed by atoms with E-state index in [9.17, 15) is 0 Å². The zero-order valence-corrected chi connectivity index (χ0v) is 9.93. The predicted molar refractivity (Wildman–Crippen MR) is 67.0 cm³/mol. The van der Waals surface area contributed by atoms with Crippen molar-refractivity contribution < 1.29 is 0 Å². The standard InChI is InChI=1S/C12H14N6/c13-12(4-1-2-5-12)11-17-16-9-7-15-10-8(18(9)11)3-6-14-10/h3,6-7,14H,1-2,4-5,13H2. The maximum absolute atomic E-state index is 6.50. The maximum atomic E-state index is 6.50. The summed E-state index contributed by atoms with van der Waals surface area (Å²) in [6.45, 7) is 0. The van der Waals surface area contributed by atoms with Gasteiger partial charge in [0.25, 0.3) is 0 Å². The first-order chi connectivity index (χ1) is 8.78. The second-order valence-electron chi connectivity index (χ2n) is 5.05. The molecule has 0 radical (unpaired) electrons. The molecule has 0 unspecified atom stereocenters. The quantitative estimate of drug-likeness (QED) is 0.674. The number of hydrogen-bond donors (Lipinski definition) is 2. The minimum absolute atomic E-state index is 0.342. The fourth-order valence-corrected chi connectivity index (χ4v) is 2.93. The molecule has 0 saturated heterocycles. The first-order valence-corrected chi connectivity index (χ1v) is 6.24. The molecule has 3 N–H and O–H groups in total. The van der Waals surface area contributed by atoms with Crippen LogP contribution in [0.25, 0.3) is 16.8 Å². The van der Waals surface area contributed by atoms with E-state index in [1.807, 2.05) is 16.7 Å². The van der Waals surface area contributed by atoms with E-state index in [-0.39, 0.29) is 5.54 Å². The van der Waals surface area contributed by atoms with Crippen LogP contribution in [0.5, 0.6) is 0 Å². The van der Waals surface area contributed by atoms with Crippen LogP contribution in [0.4, 0.5) is 0 Å². The monoisotopic (exact) mass is 242 g/mol. The summed E-state index contributed by atoms with van der Waals surface area (Å²) in [7, 11) is 0. The van der Waals surface area contributed by atoms with E-state index in [0.29, 0.717) is 0 Å². The van der Waals surface area contributed by atoms with Gasteiger partial charge in [-0.3, -0.25) is 4.40 Å². The Hall–Kier alpha value is -1.95. The lowest BCUT2D eigenvalue weighted by molar-refractivity contribution is 0.429. The number of hydrogen-bond acceptors (Lipinski definition) is 4. The van der Waals surface area contributed by atoms with E-state index in [0.717, 1.165) is 48.3 Å². The second kappa shape index (κ2) is 3.29. The summed E-state index contributed by atoms with van der Waals surface area (Å²) in [4.78, 5) is 7.42. The van der Waals surface area contributed by atoms with Crippen LogP contribution in [0.3, 0.4) is 0 Å². The zero-order valence-electron chi connectivity index (χ0n) is 9.93. The SMILES string of the molecule is NC1(c2nnc3cnc4[nH]ccc4n23)CCCC1. The molecule has 0 amide bonds. The minimum Gasteiger partial charge on any atom is -0.345 e. The Bertz CT molecular complexity index is 718. The Morgan fingerprint density at radius 3 is 2.94 bits per heavy atom. The largest absolute Gasteiger partial charge is 0.345 e. The van der Waals surface area contributed by atoms with Crippen molar-refractivity contribution in [1.82, 2.24) is 24.6 Å². The molecule has 3 aromatic heterocycles. The van der Waals surface area contributed by atoms with Gasteiger partial charge in [0, 0.05) is 6.20 Å². The van der Waals surface area contributed by atoms with Crippen molar-refractivity contribution in [3.8, 4) is 0 Å². The molecule has 18 heavy (non-hydrogen) atoms. The molecule has 6 nitrogen and oxygen atoms in total. The molecule has 92 valence electrons. The topological polar surface area (TPSA) is 84.9 Å². The molecule has 1 fully saturated rings. The lowest BCUT2D eigenvalue weighted by Gasteiger charge is -2.21. The normalized spacial score (nSPS) is 18.9. The van der Waals surface area contributed by atoms with Crippen LogP contribution in [-0.2, 0) is 5.54 Å². The molecule has 4 rings (SSSR count). The smallest absolute Gasteiger partial charge is 0.180 e. The molecule has 3 heterocycles. The third-order valence-corrected chi connectivity index (χ3v) is 3.88. The van der Waals surface area contributed by atoms with Crippen LogP contribution in [0, 0.1) is 0 Å². The third-order valence-electron chi connectivity index (χ3n) is 3.88. The number of nitrogens with one attached hydrogen (secondary N) is 1. The fraction of sp³-hybridized carbons (Fsp3) is 0.417. The van der Waals surface area contributed by atoms with Gasteiger partial charge in [-0.25, -0.2) is 4.98 Å². The summed E-state index contributed by atoms with van der Waals surface area (Å²) in [5.74, 6) is 0.863. The number of aromatic nitrogens is 5. The number of H-pyrrole nitrogens is 1. The summed E-state index contributed by atoms with van der Waals surface area (Å²) in [5, 5.41) is 8.51. The van der Waals surface area contributed by atoms with Crippen LogP contribution in [-0.4, -0.2) is 24.6 Å². The van der Waals surface area contributed by atoms with Gasteiger partial charge in [0.1, 0.15) is 0 Å². The Kier molecular flexibility index (Phi) is 1.83. The molecule has 0 aromatic carbocycles. The molecular formula is C12H14N6. The molecule has 0 bridgehead atoms. The summed E-state index contributed by atoms with van der Waals surface area (Å²) < 4.78 is 2.03. The van der Waals surface area contributed by atoms with E-state index in [4.69, 9.17) is 5.73 Å². The molecule has 3 aromatic rings. The molecule has 0 atom stereocenters. The van der Waals surface area contributed by atoms with Gasteiger partial charge in [0.15, 0.2) is 17.1 Å². The van der Waals surface area contributed by atoms with E-state index >= 15 is 0 Å². The molecule has 1 aliphatic rings. The fourth-order valence-electron chi connectivity index (χ4n) is 2.93. The van der Waals surface area contributed by atoms with Crippen LogP contribution < -0.4 is 5.73 Å². The Morgan fingerprint density at radius 2 is 2.11 bits per heavy atom. The number of fused-ring (bicyclic) bond motifs is 3. The molecule has 0 spiro atoms. The van der Waals surface area contributed by atoms with Crippen molar-refractivity contribution in [3.05, 3.63) is 24.3 Å². The lowest BCUT2D eigenvalue weighted by atomic mass is 9.98. The molecular weight excluding hydrogens is 228 g/mol. The van der Waals surface area contributed by atoms with Gasteiger partial charge in [-0.1, -0.05) is 12.8 Å². The number of rotatable bonds is 1. The highest BCUT2D eigenvalue weighted by molar-refractivity contribution is 5.74. The molecule has 0 aliphatic heterocycles. The van der Waals surface area contributed by atoms with Gasteiger partial charge in [0.05, 0.1) is 17.3 Å². The lowest BCUT2D eigenvalue weighted by Crippen LogP contribution is -2.35. The minimum atomic E-state index is -0.342. The predicted octanol–water partition coefficient (Wildman–Crippen LogP) is 1.33. The maximum Gasteiger partial charge on any atom is 0.180 e. The molecule has 1 saturated carbocycles. The summed E-state index contributed by atoms with van der Waals surface area (Å²) >= 11 is 0. The van der Waals surface area contributed by atoms with Crippen molar-refractivity contribution in [1.29, 1.82) is 0 Å². The molecule has 1 aliphatic carbocycles. The first kappa shape index (κ1) is 10.0. The van der Waals surface area contributed by atoms with Crippen molar-refractivity contribution in [2.45, 2.75) is 31.2 Å².